The highest BCUT2D eigenvalue weighted by molar-refractivity contribution is 6.01. The minimum absolute atomic E-state index is 0.00963. The first-order valence-electron chi connectivity index (χ1n) is 10.8. The Labute approximate surface area is 192 Å². The van der Waals surface area contributed by atoms with E-state index >= 15 is 0 Å². The number of para-hydroxylation sites is 2. The summed E-state index contributed by atoms with van der Waals surface area (Å²) in [4.78, 5) is 13.6. The van der Waals surface area contributed by atoms with Crippen molar-refractivity contribution < 1.29 is 23.4 Å². The van der Waals surface area contributed by atoms with Gasteiger partial charge < -0.3 is 29.3 Å². The third kappa shape index (κ3) is 3.69. The standard InChI is InChI=1S/C26H26N2O5/c1-30-22-13-16(14-23(31-2)26(22)32-3)25-24-19(27-17-7-4-5-8-18(17)28-25)11-15(12-20(24)29)21-9-6-10-33-21/h4-10,13-15,25,27-28H,11-12H2,1-3H3/t15-,25+/m1/s1. The van der Waals surface area contributed by atoms with Gasteiger partial charge >= 0.3 is 0 Å². The molecule has 1 aromatic heterocycles. The third-order valence-corrected chi connectivity index (χ3v) is 6.27. The van der Waals surface area contributed by atoms with Gasteiger partial charge in [0.2, 0.25) is 5.75 Å². The van der Waals surface area contributed by atoms with Crippen LogP contribution in [0.4, 0.5) is 11.4 Å². The zero-order valence-corrected chi connectivity index (χ0v) is 18.8. The summed E-state index contributed by atoms with van der Waals surface area (Å²) < 4.78 is 22.3. The van der Waals surface area contributed by atoms with Crippen molar-refractivity contribution in [1.82, 2.24) is 0 Å². The molecule has 0 unspecified atom stereocenters. The van der Waals surface area contributed by atoms with Gasteiger partial charge in [-0.3, -0.25) is 4.79 Å². The fourth-order valence-electron chi connectivity index (χ4n) is 4.74. The van der Waals surface area contributed by atoms with Crippen molar-refractivity contribution in [3.8, 4) is 17.2 Å². The molecule has 2 atom stereocenters. The molecule has 2 N–H and O–H groups in total. The van der Waals surface area contributed by atoms with E-state index in [4.69, 9.17) is 18.6 Å². The largest absolute Gasteiger partial charge is 0.493 e. The Morgan fingerprint density at radius 3 is 2.27 bits per heavy atom. The maximum Gasteiger partial charge on any atom is 0.203 e. The van der Waals surface area contributed by atoms with E-state index < -0.39 is 6.04 Å². The lowest BCUT2D eigenvalue weighted by atomic mass is 9.80. The molecule has 7 nitrogen and oxygen atoms in total. The van der Waals surface area contributed by atoms with Crippen LogP contribution in [0, 0.1) is 0 Å². The molecule has 0 radical (unpaired) electrons. The molecule has 2 heterocycles. The summed E-state index contributed by atoms with van der Waals surface area (Å²) in [6.07, 6.45) is 2.71. The van der Waals surface area contributed by atoms with Crippen molar-refractivity contribution in [3.05, 3.63) is 77.4 Å². The highest BCUT2D eigenvalue weighted by Gasteiger charge is 2.37. The number of benzene rings is 2. The van der Waals surface area contributed by atoms with E-state index in [1.165, 1.54) is 0 Å². The van der Waals surface area contributed by atoms with E-state index in [0.29, 0.717) is 35.7 Å². The number of carbonyl (C=O) groups excluding carboxylic acids is 1. The van der Waals surface area contributed by atoms with Crippen molar-refractivity contribution in [3.63, 3.8) is 0 Å². The van der Waals surface area contributed by atoms with Crippen molar-refractivity contribution in [2.75, 3.05) is 32.0 Å². The summed E-state index contributed by atoms with van der Waals surface area (Å²) in [6, 6.07) is 15.1. The van der Waals surface area contributed by atoms with Crippen LogP contribution in [0.5, 0.6) is 17.2 Å². The van der Waals surface area contributed by atoms with Crippen LogP contribution < -0.4 is 24.8 Å². The molecule has 0 spiro atoms. The smallest absolute Gasteiger partial charge is 0.203 e. The van der Waals surface area contributed by atoms with Crippen LogP contribution in [0.25, 0.3) is 0 Å². The first kappa shape index (κ1) is 21.0. The van der Waals surface area contributed by atoms with Gasteiger partial charge in [0.25, 0.3) is 0 Å². The molecule has 0 amide bonds. The van der Waals surface area contributed by atoms with Crippen LogP contribution in [-0.4, -0.2) is 27.1 Å². The SMILES string of the molecule is COc1cc([C@@H]2Nc3ccccc3NC3=C2C(=O)C[C@H](c2ccco2)C3)cc(OC)c1OC. The average molecular weight is 447 g/mol. The number of fused-ring (bicyclic) bond motifs is 1. The van der Waals surface area contributed by atoms with Crippen LogP contribution in [0.1, 0.15) is 36.1 Å². The number of furan rings is 1. The topological polar surface area (TPSA) is 82.0 Å². The molecule has 5 rings (SSSR count). The van der Waals surface area contributed by atoms with Crippen LogP contribution in [0.2, 0.25) is 0 Å². The Hall–Kier alpha value is -3.87. The maximum absolute atomic E-state index is 13.6. The van der Waals surface area contributed by atoms with Crippen molar-refractivity contribution in [1.29, 1.82) is 0 Å². The third-order valence-electron chi connectivity index (χ3n) is 6.27. The number of ether oxygens (including phenoxy) is 3. The van der Waals surface area contributed by atoms with Crippen LogP contribution in [-0.2, 0) is 4.79 Å². The molecule has 2 aromatic carbocycles. The Bertz CT molecular complexity index is 1190. The number of Topliss-reactive ketones (excluding diaryl/α,β-unsaturated/α-hetero) is 1. The lowest BCUT2D eigenvalue weighted by Crippen LogP contribution is -2.26. The quantitative estimate of drug-likeness (QED) is 0.551. The molecule has 0 bridgehead atoms. The molecular formula is C26H26N2O5. The lowest BCUT2D eigenvalue weighted by molar-refractivity contribution is -0.116. The molecule has 0 fully saturated rings. The zero-order chi connectivity index (χ0) is 22.9. The van der Waals surface area contributed by atoms with Gasteiger partial charge in [0.15, 0.2) is 17.3 Å². The summed E-state index contributed by atoms with van der Waals surface area (Å²) in [5, 5.41) is 7.11. The maximum atomic E-state index is 13.6. The number of ketones is 1. The highest BCUT2D eigenvalue weighted by Crippen LogP contribution is 2.47. The molecule has 3 aromatic rings. The number of nitrogens with one attached hydrogen (secondary N) is 2. The predicted octanol–water partition coefficient (Wildman–Crippen LogP) is 5.28. The number of hydrogen-bond donors (Lipinski definition) is 2. The number of hydrogen-bond acceptors (Lipinski definition) is 7. The van der Waals surface area contributed by atoms with Crippen molar-refractivity contribution in [2.24, 2.45) is 0 Å². The van der Waals surface area contributed by atoms with Crippen LogP contribution >= 0.6 is 0 Å². The fraction of sp³-hybridized carbons (Fsp3) is 0.269. The van der Waals surface area contributed by atoms with Gasteiger partial charge in [-0.1, -0.05) is 12.1 Å². The Morgan fingerprint density at radius 2 is 1.64 bits per heavy atom. The molecule has 2 aliphatic rings. The Kier molecular flexibility index (Phi) is 5.46. The fourth-order valence-corrected chi connectivity index (χ4v) is 4.74. The first-order chi connectivity index (χ1) is 16.1. The first-order valence-corrected chi connectivity index (χ1v) is 10.8. The van der Waals surface area contributed by atoms with Gasteiger partial charge in [-0.2, -0.15) is 0 Å². The molecule has 170 valence electrons. The van der Waals surface area contributed by atoms with Gasteiger partial charge in [-0.25, -0.2) is 0 Å². The molecular weight excluding hydrogens is 420 g/mol. The van der Waals surface area contributed by atoms with Crippen LogP contribution in [0.15, 0.2) is 70.5 Å². The second kappa shape index (κ2) is 8.58. The molecule has 1 aliphatic carbocycles. The average Bonchev–Trinajstić information content (AvgIpc) is 3.32. The van der Waals surface area contributed by atoms with Gasteiger partial charge in [-0.05, 0) is 48.4 Å². The van der Waals surface area contributed by atoms with E-state index in [1.54, 1.807) is 27.6 Å². The van der Waals surface area contributed by atoms with Crippen molar-refractivity contribution in [2.45, 2.75) is 24.8 Å². The molecule has 1 aliphatic heterocycles. The Morgan fingerprint density at radius 1 is 0.909 bits per heavy atom. The van der Waals surface area contributed by atoms with Crippen molar-refractivity contribution >= 4 is 17.2 Å². The van der Waals surface area contributed by atoms with Gasteiger partial charge in [0, 0.05) is 23.6 Å². The monoisotopic (exact) mass is 446 g/mol. The van der Waals surface area contributed by atoms with E-state index in [9.17, 15) is 4.79 Å². The molecule has 7 heteroatoms. The lowest BCUT2D eigenvalue weighted by Gasteiger charge is -2.29. The summed E-state index contributed by atoms with van der Waals surface area (Å²) in [7, 11) is 4.75. The molecule has 0 saturated carbocycles. The minimum atomic E-state index is -0.394. The number of methoxy groups -OCH3 is 3. The minimum Gasteiger partial charge on any atom is -0.493 e. The second-order valence-corrected chi connectivity index (χ2v) is 8.14. The van der Waals surface area contributed by atoms with Gasteiger partial charge in [-0.15, -0.1) is 0 Å². The summed E-state index contributed by atoms with van der Waals surface area (Å²) in [6.45, 7) is 0. The summed E-state index contributed by atoms with van der Waals surface area (Å²) in [5.41, 5.74) is 4.29. The molecule has 33 heavy (non-hydrogen) atoms. The van der Waals surface area contributed by atoms with E-state index in [1.807, 2.05) is 48.5 Å². The molecule has 0 saturated heterocycles. The highest BCUT2D eigenvalue weighted by atomic mass is 16.5. The number of allylic oxidation sites excluding steroid dienone is 1. The zero-order valence-electron chi connectivity index (χ0n) is 18.8. The van der Waals surface area contributed by atoms with E-state index in [2.05, 4.69) is 10.6 Å². The van der Waals surface area contributed by atoms with Crippen LogP contribution in [0.3, 0.4) is 0 Å². The van der Waals surface area contributed by atoms with E-state index in [-0.39, 0.29) is 11.7 Å². The number of anilines is 2. The second-order valence-electron chi connectivity index (χ2n) is 8.14. The Balaban J connectivity index is 1.66. The predicted molar refractivity (Wildman–Crippen MR) is 125 cm³/mol. The number of carbonyl (C=O) groups is 1. The van der Waals surface area contributed by atoms with Gasteiger partial charge in [0.05, 0.1) is 45.0 Å². The normalized spacial score (nSPS) is 19.5. The van der Waals surface area contributed by atoms with Gasteiger partial charge in [0.1, 0.15) is 5.76 Å². The summed E-state index contributed by atoms with van der Waals surface area (Å²) in [5.74, 6) is 2.48. The number of rotatable bonds is 5. The summed E-state index contributed by atoms with van der Waals surface area (Å²) >= 11 is 0. The van der Waals surface area contributed by atoms with E-state index in [0.717, 1.165) is 28.4 Å².